The molecule has 6 nitrogen and oxygen atoms in total. The highest BCUT2D eigenvalue weighted by Crippen LogP contribution is 2.13. The van der Waals surface area contributed by atoms with Crippen molar-refractivity contribution in [1.29, 1.82) is 0 Å². The molecule has 2 heterocycles. The summed E-state index contributed by atoms with van der Waals surface area (Å²) in [4.78, 5) is 29.0. The normalized spacial score (nSPS) is 19.3. The van der Waals surface area contributed by atoms with Gasteiger partial charge in [-0.1, -0.05) is 0 Å². The van der Waals surface area contributed by atoms with E-state index in [1.54, 1.807) is 11.8 Å². The minimum atomic E-state index is -1.04. The second-order valence-electron chi connectivity index (χ2n) is 4.56. The number of hydrogen-bond acceptors (Lipinski definition) is 4. The largest absolute Gasteiger partial charge is 0.478 e. The number of carbonyl (C=O) groups is 2. The van der Waals surface area contributed by atoms with Crippen molar-refractivity contribution in [1.82, 2.24) is 9.88 Å². The van der Waals surface area contributed by atoms with E-state index in [4.69, 9.17) is 9.84 Å². The zero-order chi connectivity index (χ0) is 14.0. The number of carbonyl (C=O) groups excluding carboxylic acids is 1. The Morgan fingerprint density at radius 3 is 2.79 bits per heavy atom. The van der Waals surface area contributed by atoms with Crippen molar-refractivity contribution in [2.45, 2.75) is 19.9 Å². The second kappa shape index (κ2) is 5.36. The first-order valence-corrected chi connectivity index (χ1v) is 6.10. The molecular weight excluding hydrogens is 248 g/mol. The molecule has 1 aromatic rings. The number of aromatic carboxylic acids is 1. The SMILES string of the molecule is Cc1nc(C(=O)N2CCOCC2C)ccc1C(=O)O. The molecule has 0 aliphatic carbocycles. The van der Waals surface area contributed by atoms with Gasteiger partial charge >= 0.3 is 5.97 Å². The molecular formula is C13H16N2O4. The minimum absolute atomic E-state index is 0.00232. The third kappa shape index (κ3) is 2.73. The standard InChI is InChI=1S/C13H16N2O4/c1-8-7-19-6-5-15(8)12(16)11-4-3-10(13(17)18)9(2)14-11/h3-4,8H,5-7H2,1-2H3,(H,17,18). The van der Waals surface area contributed by atoms with E-state index < -0.39 is 5.97 Å². The predicted octanol–water partition coefficient (Wildman–Crippen LogP) is 0.949. The van der Waals surface area contributed by atoms with Crippen LogP contribution in [0.25, 0.3) is 0 Å². The minimum Gasteiger partial charge on any atom is -0.478 e. The van der Waals surface area contributed by atoms with Crippen LogP contribution in [0.3, 0.4) is 0 Å². The van der Waals surface area contributed by atoms with Gasteiger partial charge in [-0.2, -0.15) is 0 Å². The number of nitrogens with zero attached hydrogens (tertiary/aromatic N) is 2. The number of aryl methyl sites for hydroxylation is 1. The van der Waals surface area contributed by atoms with Crippen LogP contribution in [0.15, 0.2) is 12.1 Å². The Kier molecular flexibility index (Phi) is 3.80. The van der Waals surface area contributed by atoms with E-state index in [1.165, 1.54) is 12.1 Å². The highest BCUT2D eigenvalue weighted by atomic mass is 16.5. The van der Waals surface area contributed by atoms with E-state index in [2.05, 4.69) is 4.98 Å². The van der Waals surface area contributed by atoms with Gasteiger partial charge in [0.2, 0.25) is 0 Å². The molecule has 1 fully saturated rings. The van der Waals surface area contributed by atoms with Gasteiger partial charge in [0, 0.05) is 6.54 Å². The smallest absolute Gasteiger partial charge is 0.337 e. The van der Waals surface area contributed by atoms with Crippen LogP contribution in [0.1, 0.15) is 33.5 Å². The summed E-state index contributed by atoms with van der Waals surface area (Å²) in [7, 11) is 0. The van der Waals surface area contributed by atoms with Crippen molar-refractivity contribution < 1.29 is 19.4 Å². The molecule has 1 amide bonds. The summed E-state index contributed by atoms with van der Waals surface area (Å²) in [5, 5.41) is 8.93. The fourth-order valence-electron chi connectivity index (χ4n) is 2.08. The van der Waals surface area contributed by atoms with Crippen molar-refractivity contribution >= 4 is 11.9 Å². The summed E-state index contributed by atoms with van der Waals surface area (Å²) in [6.45, 7) is 5.06. The number of morpholine rings is 1. The number of amides is 1. The number of pyridine rings is 1. The van der Waals surface area contributed by atoms with Crippen LogP contribution in [-0.2, 0) is 4.74 Å². The molecule has 0 spiro atoms. The Morgan fingerprint density at radius 1 is 1.47 bits per heavy atom. The molecule has 19 heavy (non-hydrogen) atoms. The van der Waals surface area contributed by atoms with E-state index in [1.807, 2.05) is 6.92 Å². The van der Waals surface area contributed by atoms with Crippen LogP contribution in [0.5, 0.6) is 0 Å². The van der Waals surface area contributed by atoms with Gasteiger partial charge in [-0.05, 0) is 26.0 Å². The van der Waals surface area contributed by atoms with Crippen molar-refractivity contribution in [3.8, 4) is 0 Å². The average Bonchev–Trinajstić information content (AvgIpc) is 2.38. The highest BCUT2D eigenvalue weighted by molar-refractivity contribution is 5.94. The quantitative estimate of drug-likeness (QED) is 0.860. The lowest BCUT2D eigenvalue weighted by Gasteiger charge is -2.33. The van der Waals surface area contributed by atoms with Crippen molar-refractivity contribution in [3.05, 3.63) is 29.1 Å². The molecule has 1 aliphatic rings. The topological polar surface area (TPSA) is 79.7 Å². The lowest BCUT2D eigenvalue weighted by Crippen LogP contribution is -2.47. The Labute approximate surface area is 111 Å². The summed E-state index contributed by atoms with van der Waals surface area (Å²) in [5.74, 6) is -1.22. The highest BCUT2D eigenvalue weighted by Gasteiger charge is 2.26. The summed E-state index contributed by atoms with van der Waals surface area (Å²) >= 11 is 0. The number of rotatable bonds is 2. The average molecular weight is 264 g/mol. The molecule has 102 valence electrons. The zero-order valence-corrected chi connectivity index (χ0v) is 10.9. The van der Waals surface area contributed by atoms with E-state index in [0.717, 1.165) is 0 Å². The van der Waals surface area contributed by atoms with Gasteiger partial charge in [-0.3, -0.25) is 4.79 Å². The predicted molar refractivity (Wildman–Crippen MR) is 67.3 cm³/mol. The Morgan fingerprint density at radius 2 is 2.21 bits per heavy atom. The fourth-order valence-corrected chi connectivity index (χ4v) is 2.08. The Hall–Kier alpha value is -1.95. The van der Waals surface area contributed by atoms with Crippen molar-refractivity contribution in [2.24, 2.45) is 0 Å². The van der Waals surface area contributed by atoms with Crippen LogP contribution < -0.4 is 0 Å². The fraction of sp³-hybridized carbons (Fsp3) is 0.462. The van der Waals surface area contributed by atoms with E-state index in [9.17, 15) is 9.59 Å². The zero-order valence-electron chi connectivity index (χ0n) is 10.9. The summed E-state index contributed by atoms with van der Waals surface area (Å²) in [6, 6.07) is 2.88. The third-order valence-corrected chi connectivity index (χ3v) is 3.16. The monoisotopic (exact) mass is 264 g/mol. The molecule has 0 bridgehead atoms. The Balaban J connectivity index is 2.24. The molecule has 2 rings (SSSR count). The molecule has 1 N–H and O–H groups in total. The van der Waals surface area contributed by atoms with Gasteiger partial charge in [0.15, 0.2) is 0 Å². The molecule has 0 saturated carbocycles. The van der Waals surface area contributed by atoms with Gasteiger partial charge in [-0.15, -0.1) is 0 Å². The first kappa shape index (κ1) is 13.5. The summed E-state index contributed by atoms with van der Waals surface area (Å²) < 4.78 is 5.28. The molecule has 1 unspecified atom stereocenters. The van der Waals surface area contributed by atoms with Gasteiger partial charge < -0.3 is 14.7 Å². The van der Waals surface area contributed by atoms with Gasteiger partial charge in [0.25, 0.3) is 5.91 Å². The Bertz CT molecular complexity index is 515. The number of ether oxygens (including phenoxy) is 1. The molecule has 1 aliphatic heterocycles. The lowest BCUT2D eigenvalue weighted by molar-refractivity contribution is 0.00325. The number of aromatic nitrogens is 1. The van der Waals surface area contributed by atoms with E-state index in [-0.39, 0.29) is 23.2 Å². The first-order chi connectivity index (χ1) is 9.00. The maximum absolute atomic E-state index is 12.3. The summed E-state index contributed by atoms with van der Waals surface area (Å²) in [5.41, 5.74) is 0.738. The lowest BCUT2D eigenvalue weighted by atomic mass is 10.1. The number of hydrogen-bond donors (Lipinski definition) is 1. The van der Waals surface area contributed by atoms with Crippen LogP contribution in [0.2, 0.25) is 0 Å². The van der Waals surface area contributed by atoms with E-state index >= 15 is 0 Å². The van der Waals surface area contributed by atoms with Crippen molar-refractivity contribution in [2.75, 3.05) is 19.8 Å². The molecule has 1 aromatic heterocycles. The number of carboxylic acids is 1. The van der Waals surface area contributed by atoms with Gasteiger partial charge in [0.1, 0.15) is 5.69 Å². The maximum Gasteiger partial charge on any atom is 0.337 e. The summed E-state index contributed by atoms with van der Waals surface area (Å²) in [6.07, 6.45) is 0. The van der Waals surface area contributed by atoms with E-state index in [0.29, 0.717) is 25.5 Å². The van der Waals surface area contributed by atoms with Gasteiger partial charge in [-0.25, -0.2) is 9.78 Å². The van der Waals surface area contributed by atoms with Crippen molar-refractivity contribution in [3.63, 3.8) is 0 Å². The number of carboxylic acid groups (broad SMARTS) is 1. The molecule has 1 atom stereocenters. The molecule has 0 aromatic carbocycles. The second-order valence-corrected chi connectivity index (χ2v) is 4.56. The molecule has 6 heteroatoms. The van der Waals surface area contributed by atoms with Crippen LogP contribution in [0, 0.1) is 6.92 Å². The molecule has 0 radical (unpaired) electrons. The van der Waals surface area contributed by atoms with Crippen LogP contribution in [-0.4, -0.2) is 52.7 Å². The van der Waals surface area contributed by atoms with Gasteiger partial charge in [0.05, 0.1) is 30.5 Å². The van der Waals surface area contributed by atoms with Crippen LogP contribution >= 0.6 is 0 Å². The molecule has 1 saturated heterocycles. The maximum atomic E-state index is 12.3. The first-order valence-electron chi connectivity index (χ1n) is 6.10. The van der Waals surface area contributed by atoms with Crippen LogP contribution in [0.4, 0.5) is 0 Å². The third-order valence-electron chi connectivity index (χ3n) is 3.16.